The summed E-state index contributed by atoms with van der Waals surface area (Å²) >= 11 is 0. The van der Waals surface area contributed by atoms with Crippen molar-refractivity contribution in [3.05, 3.63) is 0 Å². The van der Waals surface area contributed by atoms with Gasteiger partial charge in [0.25, 0.3) is 0 Å². The Morgan fingerprint density at radius 2 is 1.96 bits per heavy atom. The van der Waals surface area contributed by atoms with Crippen molar-refractivity contribution in [2.45, 2.75) is 76.4 Å². The summed E-state index contributed by atoms with van der Waals surface area (Å²) in [6.45, 7) is 4.58. The Morgan fingerprint density at radius 3 is 2.65 bits per heavy atom. The molecule has 6 unspecified atom stereocenters. The zero-order valence-corrected chi connectivity index (χ0v) is 14.5. The van der Waals surface area contributed by atoms with Crippen LogP contribution < -0.4 is 16.0 Å². The van der Waals surface area contributed by atoms with E-state index in [-0.39, 0.29) is 11.9 Å². The molecule has 2 aliphatic heterocycles. The van der Waals surface area contributed by atoms with Crippen molar-refractivity contribution >= 4 is 5.91 Å². The van der Waals surface area contributed by atoms with Gasteiger partial charge in [0.2, 0.25) is 5.91 Å². The van der Waals surface area contributed by atoms with E-state index >= 15 is 0 Å². The fourth-order valence-corrected chi connectivity index (χ4v) is 5.40. The van der Waals surface area contributed by atoms with Crippen LogP contribution in [0.2, 0.25) is 0 Å². The first kappa shape index (κ1) is 15.9. The van der Waals surface area contributed by atoms with E-state index < -0.39 is 0 Å². The van der Waals surface area contributed by atoms with Crippen LogP contribution in [-0.2, 0) is 4.79 Å². The summed E-state index contributed by atoms with van der Waals surface area (Å²) in [6, 6.07) is 1.05. The van der Waals surface area contributed by atoms with Crippen LogP contribution in [0.5, 0.6) is 0 Å². The number of hydrogen-bond donors (Lipinski definition) is 3. The molecule has 6 atom stereocenters. The molecule has 4 heteroatoms. The second-order valence-electron chi connectivity index (χ2n) is 8.63. The Balaban J connectivity index is 1.36. The monoisotopic (exact) mass is 319 g/mol. The van der Waals surface area contributed by atoms with Crippen molar-refractivity contribution in [3.8, 4) is 0 Å². The second kappa shape index (κ2) is 6.72. The number of rotatable bonds is 4. The summed E-state index contributed by atoms with van der Waals surface area (Å²) in [7, 11) is 0. The standard InChI is InChI=1S/C19H33N3O/c1-12-4-2-5-14-10-16(21-17(12)14)19(23)22-18(13-7-8-13)15-6-3-9-20-11-15/h12-18,20-21H,2-11H2,1H3,(H,22,23). The van der Waals surface area contributed by atoms with Gasteiger partial charge in [-0.1, -0.05) is 13.3 Å². The molecule has 4 fully saturated rings. The van der Waals surface area contributed by atoms with Crippen LogP contribution in [0.25, 0.3) is 0 Å². The molecule has 130 valence electrons. The van der Waals surface area contributed by atoms with Crippen LogP contribution in [0.3, 0.4) is 0 Å². The molecule has 0 spiro atoms. The zero-order chi connectivity index (χ0) is 15.8. The topological polar surface area (TPSA) is 53.2 Å². The molecule has 4 rings (SSSR count). The van der Waals surface area contributed by atoms with Crippen molar-refractivity contribution in [1.29, 1.82) is 0 Å². The smallest absolute Gasteiger partial charge is 0.237 e. The molecule has 2 heterocycles. The summed E-state index contributed by atoms with van der Waals surface area (Å²) in [5.41, 5.74) is 0. The van der Waals surface area contributed by atoms with Crippen LogP contribution >= 0.6 is 0 Å². The molecule has 4 nitrogen and oxygen atoms in total. The SMILES string of the molecule is CC1CCCC2CC(C(=O)NC(C3CC3)C3CCCNC3)NC12. The van der Waals surface area contributed by atoms with Crippen LogP contribution in [0.15, 0.2) is 0 Å². The van der Waals surface area contributed by atoms with Crippen LogP contribution in [-0.4, -0.2) is 37.1 Å². The summed E-state index contributed by atoms with van der Waals surface area (Å²) in [5, 5.41) is 10.7. The average Bonchev–Trinajstić information content (AvgIpc) is 3.31. The van der Waals surface area contributed by atoms with Crippen molar-refractivity contribution in [1.82, 2.24) is 16.0 Å². The highest BCUT2D eigenvalue weighted by Gasteiger charge is 2.43. The molecule has 23 heavy (non-hydrogen) atoms. The summed E-state index contributed by atoms with van der Waals surface area (Å²) in [5.74, 6) is 3.13. The maximum Gasteiger partial charge on any atom is 0.237 e. The van der Waals surface area contributed by atoms with Crippen molar-refractivity contribution < 1.29 is 4.79 Å². The Kier molecular flexibility index (Phi) is 4.64. The number of nitrogens with one attached hydrogen (secondary N) is 3. The van der Waals surface area contributed by atoms with Crippen LogP contribution in [0, 0.1) is 23.7 Å². The van der Waals surface area contributed by atoms with E-state index in [0.29, 0.717) is 18.0 Å². The van der Waals surface area contributed by atoms with E-state index in [1.54, 1.807) is 0 Å². The molecule has 2 saturated carbocycles. The predicted octanol–water partition coefficient (Wildman–Crippen LogP) is 2.05. The highest BCUT2D eigenvalue weighted by molar-refractivity contribution is 5.82. The molecule has 2 aliphatic carbocycles. The van der Waals surface area contributed by atoms with Crippen molar-refractivity contribution in [2.75, 3.05) is 13.1 Å². The van der Waals surface area contributed by atoms with Gasteiger partial charge in [0.05, 0.1) is 6.04 Å². The van der Waals surface area contributed by atoms with E-state index in [4.69, 9.17) is 0 Å². The average molecular weight is 319 g/mol. The van der Waals surface area contributed by atoms with E-state index in [9.17, 15) is 4.79 Å². The highest BCUT2D eigenvalue weighted by atomic mass is 16.2. The highest BCUT2D eigenvalue weighted by Crippen LogP contribution is 2.39. The molecule has 3 N–H and O–H groups in total. The molecule has 4 aliphatic rings. The minimum Gasteiger partial charge on any atom is -0.351 e. The number of carbonyl (C=O) groups excluding carboxylic acids is 1. The lowest BCUT2D eigenvalue weighted by Gasteiger charge is -2.32. The first-order chi connectivity index (χ1) is 11.2. The maximum absolute atomic E-state index is 12.9. The van der Waals surface area contributed by atoms with Gasteiger partial charge in [-0.25, -0.2) is 0 Å². The largest absolute Gasteiger partial charge is 0.351 e. The molecular weight excluding hydrogens is 286 g/mol. The Morgan fingerprint density at radius 1 is 1.09 bits per heavy atom. The van der Waals surface area contributed by atoms with E-state index in [1.165, 1.54) is 44.9 Å². The lowest BCUT2D eigenvalue weighted by Crippen LogP contribution is -2.52. The van der Waals surface area contributed by atoms with E-state index in [2.05, 4.69) is 22.9 Å². The third-order valence-corrected chi connectivity index (χ3v) is 6.89. The van der Waals surface area contributed by atoms with Gasteiger partial charge in [0, 0.05) is 12.1 Å². The first-order valence-corrected chi connectivity index (χ1v) is 9.99. The normalized spacial score (nSPS) is 42.0. The van der Waals surface area contributed by atoms with Crippen LogP contribution in [0.4, 0.5) is 0 Å². The number of amides is 1. The van der Waals surface area contributed by atoms with Crippen molar-refractivity contribution in [2.24, 2.45) is 23.7 Å². The zero-order valence-electron chi connectivity index (χ0n) is 14.5. The Labute approximate surface area is 140 Å². The molecule has 0 bridgehead atoms. The number of hydrogen-bond acceptors (Lipinski definition) is 3. The molecule has 2 saturated heterocycles. The van der Waals surface area contributed by atoms with E-state index in [0.717, 1.165) is 37.3 Å². The third kappa shape index (κ3) is 3.43. The number of piperidine rings is 1. The predicted molar refractivity (Wildman–Crippen MR) is 92.1 cm³/mol. The number of fused-ring (bicyclic) bond motifs is 1. The lowest BCUT2D eigenvalue weighted by molar-refractivity contribution is -0.124. The van der Waals surface area contributed by atoms with Gasteiger partial charge in [0.1, 0.15) is 0 Å². The van der Waals surface area contributed by atoms with Gasteiger partial charge in [-0.2, -0.15) is 0 Å². The fourth-order valence-electron chi connectivity index (χ4n) is 5.40. The molecule has 0 aromatic heterocycles. The molecule has 0 aromatic carbocycles. The van der Waals surface area contributed by atoms with E-state index in [1.807, 2.05) is 0 Å². The second-order valence-corrected chi connectivity index (χ2v) is 8.63. The van der Waals surface area contributed by atoms with Crippen molar-refractivity contribution in [3.63, 3.8) is 0 Å². The summed E-state index contributed by atoms with van der Waals surface area (Å²) < 4.78 is 0. The van der Waals surface area contributed by atoms with Gasteiger partial charge < -0.3 is 16.0 Å². The Bertz CT molecular complexity index is 430. The minimum absolute atomic E-state index is 0.0587. The van der Waals surface area contributed by atoms with Gasteiger partial charge in [-0.3, -0.25) is 4.79 Å². The van der Waals surface area contributed by atoms with Crippen LogP contribution in [0.1, 0.15) is 58.3 Å². The molecule has 0 radical (unpaired) electrons. The van der Waals surface area contributed by atoms with Gasteiger partial charge in [-0.05, 0) is 81.7 Å². The Hall–Kier alpha value is -0.610. The quantitative estimate of drug-likeness (QED) is 0.743. The molecule has 1 amide bonds. The lowest BCUT2D eigenvalue weighted by atomic mass is 9.78. The van der Waals surface area contributed by atoms with Gasteiger partial charge in [0.15, 0.2) is 0 Å². The van der Waals surface area contributed by atoms with Gasteiger partial charge in [-0.15, -0.1) is 0 Å². The fraction of sp³-hybridized carbons (Fsp3) is 0.947. The maximum atomic E-state index is 12.9. The van der Waals surface area contributed by atoms with Gasteiger partial charge >= 0.3 is 0 Å². The first-order valence-electron chi connectivity index (χ1n) is 9.99. The molecular formula is C19H33N3O. The minimum atomic E-state index is 0.0587. The third-order valence-electron chi connectivity index (χ3n) is 6.89. The summed E-state index contributed by atoms with van der Waals surface area (Å²) in [6.07, 6.45) is 10.2. The molecule has 0 aromatic rings. The number of carbonyl (C=O) groups is 1. The summed E-state index contributed by atoms with van der Waals surface area (Å²) in [4.78, 5) is 12.9.